The Balaban J connectivity index is 0.00000109. The quantitative estimate of drug-likeness (QED) is 0.0677. The molecule has 0 radical (unpaired) electrons. The minimum absolute atomic E-state index is 0.0252. The van der Waals surface area contributed by atoms with Crippen molar-refractivity contribution >= 4 is 72.0 Å². The van der Waals surface area contributed by atoms with Gasteiger partial charge in [-0.3, -0.25) is 23.2 Å². The molecule has 0 spiro atoms. The Morgan fingerprint density at radius 1 is 0.926 bits per heavy atom. The van der Waals surface area contributed by atoms with E-state index >= 15 is 0 Å². The van der Waals surface area contributed by atoms with Gasteiger partial charge in [0.2, 0.25) is 8.66 Å². The number of nitrogen functional groups attached to an aromatic ring is 1. The third kappa shape index (κ3) is 16.7. The van der Waals surface area contributed by atoms with E-state index in [1.54, 1.807) is 14.7 Å². The Hall–Kier alpha value is -0.640. The van der Waals surface area contributed by atoms with Crippen LogP contribution in [0.3, 0.4) is 0 Å². The van der Waals surface area contributed by atoms with Gasteiger partial charge in [-0.15, -0.1) is 0 Å². The number of nitrogens with one attached hydrogen (secondary N) is 4. The van der Waals surface area contributed by atoms with Gasteiger partial charge in [0, 0.05) is 6.42 Å². The van der Waals surface area contributed by atoms with Crippen LogP contribution in [0.25, 0.3) is 11.2 Å². The number of imidazole rings is 1. The van der Waals surface area contributed by atoms with Crippen LogP contribution < -0.4 is 40.7 Å². The van der Waals surface area contributed by atoms with Gasteiger partial charge in [-0.05, 0) is 62.3 Å². The number of aromatic amines is 1. The second-order valence-electron chi connectivity index (χ2n) is 12.0. The standard InChI is InChI=1S/C11H16Br2N5O12P3.3C6H15N/c12-11(13,31(21,22)23)32(24,25)30-33(26,27)28-2-5-4(19)1-6(29-5)18-3-15-7-8(18)16-10(14)17-9(7)20;3*1-4-7(5-2)6-3/h3-6,19H,1-2H2,(H,24,25)(H,26,27)(H2,21,22,23)(H3,14,16,17,20);3*4-6H2,1-3H3/t4-,5+,6+;;;/m0.../s1. The fraction of sp³-hybridized carbons (Fsp3) is 0.828. The van der Waals surface area contributed by atoms with Gasteiger partial charge in [-0.1, -0.05) is 31.9 Å². The van der Waals surface area contributed by atoms with Crippen molar-refractivity contribution in [3.63, 3.8) is 0 Å². The van der Waals surface area contributed by atoms with Crippen molar-refractivity contribution in [3.8, 4) is 0 Å². The van der Waals surface area contributed by atoms with Crippen LogP contribution >= 0.6 is 54.9 Å². The Morgan fingerprint density at radius 3 is 1.72 bits per heavy atom. The first-order chi connectivity index (χ1) is 25.0. The monoisotopic (exact) mass is 964 g/mol. The first kappa shape index (κ1) is 53.4. The van der Waals surface area contributed by atoms with Crippen molar-refractivity contribution in [1.29, 1.82) is 0 Å². The van der Waals surface area contributed by atoms with Crippen molar-refractivity contribution in [2.45, 2.75) is 89.9 Å². The number of nitrogens with zero attached hydrogens (tertiary/aromatic N) is 3. The Bertz CT molecular complexity index is 1530. The highest BCUT2D eigenvalue weighted by Crippen LogP contribution is 2.77. The minimum Gasteiger partial charge on any atom is -0.777 e. The predicted octanol–water partition coefficient (Wildman–Crippen LogP) is -1.85. The van der Waals surface area contributed by atoms with Crippen molar-refractivity contribution < 1.29 is 66.6 Å². The lowest BCUT2D eigenvalue weighted by Crippen LogP contribution is -3.11. The highest BCUT2D eigenvalue weighted by molar-refractivity contribution is 9.29. The zero-order valence-corrected chi connectivity index (χ0v) is 38.4. The van der Waals surface area contributed by atoms with Crippen LogP contribution in [-0.2, 0) is 27.3 Å². The fourth-order valence-corrected chi connectivity index (χ4v) is 9.66. The summed E-state index contributed by atoms with van der Waals surface area (Å²) in [6.45, 7) is 30.5. The van der Waals surface area contributed by atoms with Crippen LogP contribution in [0, 0.1) is 0 Å². The molecule has 8 N–H and O–H groups in total. The highest BCUT2D eigenvalue weighted by atomic mass is 79.9. The van der Waals surface area contributed by atoms with Crippen molar-refractivity contribution in [2.24, 2.45) is 0 Å². The summed E-state index contributed by atoms with van der Waals surface area (Å²) in [7, 11) is -17.4. The summed E-state index contributed by atoms with van der Waals surface area (Å²) < 4.78 is 46.7. The smallest absolute Gasteiger partial charge is 0.280 e. The summed E-state index contributed by atoms with van der Waals surface area (Å²) in [5.74, 6) is -0.209. The molecule has 25 heteroatoms. The van der Waals surface area contributed by atoms with E-state index in [4.69, 9.17) is 15.4 Å². The summed E-state index contributed by atoms with van der Waals surface area (Å²) >= 11 is 4.25. The van der Waals surface area contributed by atoms with Crippen LogP contribution in [0.2, 0.25) is 0 Å². The van der Waals surface area contributed by atoms with Gasteiger partial charge in [0.1, 0.15) is 12.3 Å². The number of fused-ring (bicyclic) bond motifs is 1. The molecule has 1 aliphatic heterocycles. The summed E-state index contributed by atoms with van der Waals surface area (Å²) in [5, 5.41) is 10.2. The minimum atomic E-state index is -5.91. The number of quaternary nitrogens is 3. The van der Waals surface area contributed by atoms with E-state index < -0.39 is 56.3 Å². The van der Waals surface area contributed by atoms with Crippen molar-refractivity contribution in [1.82, 2.24) is 19.5 Å². The lowest BCUT2D eigenvalue weighted by molar-refractivity contribution is -0.894. The Kier molecular flexibility index (Phi) is 24.7. The van der Waals surface area contributed by atoms with E-state index in [0.29, 0.717) is 0 Å². The number of phosphoric acid groups is 1. The third-order valence-corrected chi connectivity index (χ3v) is 19.0. The molecular weight excluding hydrogens is 905 g/mol. The number of hydrogen-bond donors (Lipinski definition) is 7. The number of H-pyrrole nitrogens is 1. The molecule has 1 saturated heterocycles. The maximum atomic E-state index is 12.0. The van der Waals surface area contributed by atoms with E-state index in [-0.39, 0.29) is 23.5 Å². The molecule has 3 rings (SSSR count). The molecule has 0 aromatic carbocycles. The number of aromatic nitrogens is 4. The number of phosphoric ester groups is 1. The fourth-order valence-electron chi connectivity index (χ4n) is 4.96. The van der Waals surface area contributed by atoms with Gasteiger partial charge in [0.25, 0.3) is 13.4 Å². The zero-order chi connectivity index (χ0) is 42.1. The average Bonchev–Trinajstić information content (AvgIpc) is 3.69. The predicted molar refractivity (Wildman–Crippen MR) is 208 cm³/mol. The van der Waals surface area contributed by atoms with Gasteiger partial charge in [0.05, 0.1) is 77.9 Å². The van der Waals surface area contributed by atoms with Gasteiger partial charge >= 0.3 is 0 Å². The van der Waals surface area contributed by atoms with Crippen molar-refractivity contribution in [2.75, 3.05) is 71.2 Å². The first-order valence-electron chi connectivity index (χ1n) is 18.0. The van der Waals surface area contributed by atoms with E-state index in [1.807, 2.05) is 0 Å². The lowest BCUT2D eigenvalue weighted by atomic mass is 10.2. The summed E-state index contributed by atoms with van der Waals surface area (Å²) in [4.78, 5) is 71.0. The molecule has 3 unspecified atom stereocenters. The summed E-state index contributed by atoms with van der Waals surface area (Å²) in [6, 6.07) is 0. The number of aliphatic hydroxyl groups is 1. The van der Waals surface area contributed by atoms with Crippen LogP contribution in [-0.4, -0.2) is 110 Å². The normalized spacial score (nSPS) is 20.6. The second-order valence-corrected chi connectivity index (χ2v) is 23.4. The number of rotatable bonds is 17. The molecule has 6 atom stereocenters. The Labute approximate surface area is 334 Å². The third-order valence-electron chi connectivity index (χ3n) is 8.74. The van der Waals surface area contributed by atoms with E-state index in [9.17, 15) is 38.3 Å². The molecule has 0 amide bonds. The van der Waals surface area contributed by atoms with Gasteiger partial charge in [-0.2, -0.15) is 4.98 Å². The Morgan fingerprint density at radius 2 is 1.35 bits per heavy atom. The number of anilines is 1. The molecule has 0 saturated carbocycles. The first-order valence-corrected chi connectivity index (χ1v) is 24.1. The van der Waals surface area contributed by atoms with E-state index in [1.165, 1.54) is 69.8 Å². The second kappa shape index (κ2) is 25.0. The molecule has 54 heavy (non-hydrogen) atoms. The topological polar surface area (TPSA) is 291 Å². The van der Waals surface area contributed by atoms with Crippen LogP contribution in [0.5, 0.6) is 0 Å². The molecule has 2 aromatic rings. The van der Waals surface area contributed by atoms with Gasteiger partial charge < -0.3 is 63.5 Å². The van der Waals surface area contributed by atoms with Gasteiger partial charge in [0.15, 0.2) is 26.4 Å². The summed E-state index contributed by atoms with van der Waals surface area (Å²) in [5.41, 5.74) is 4.83. The maximum absolute atomic E-state index is 12.0. The molecule has 1 aliphatic rings. The average molecular weight is 967 g/mol. The number of ether oxygens (including phenoxy) is 1. The highest BCUT2D eigenvalue weighted by Gasteiger charge is 2.48. The van der Waals surface area contributed by atoms with Gasteiger partial charge in [-0.25, -0.2) is 4.98 Å². The maximum Gasteiger partial charge on any atom is 0.280 e. The molecule has 0 aliphatic carbocycles. The molecule has 0 bridgehead atoms. The van der Waals surface area contributed by atoms with Crippen LogP contribution in [0.4, 0.5) is 5.95 Å². The number of nitrogens with two attached hydrogens (primary N) is 1. The molecule has 2 aromatic heterocycles. The SMILES string of the molecule is CC[NH+](CC)CC.CC[NH+](CC)CC.CC[NH+](CC)CC.Nc1nc2c(ncn2[C@H]2C[C@H](O)[C@@H](COP(=O)([O-])OP(=O)([O-])C(Br)(Br)P(=O)([O-])O)O2)c(=O)[nH]1. The molecule has 3 heterocycles. The summed E-state index contributed by atoms with van der Waals surface area (Å²) in [6.07, 6.45) is -2.58. The van der Waals surface area contributed by atoms with Crippen molar-refractivity contribution in [3.05, 3.63) is 16.7 Å². The van der Waals surface area contributed by atoms with E-state index in [0.717, 1.165) is 0 Å². The number of hydrogen-bond acceptors (Lipinski definition) is 14. The number of halogens is 2. The largest absolute Gasteiger partial charge is 0.777 e. The van der Waals surface area contributed by atoms with E-state index in [2.05, 4.69) is 118 Å². The van der Waals surface area contributed by atoms with Crippen LogP contribution in [0.15, 0.2) is 11.1 Å². The molecular formula is C29H61Br2N8O12P3. The molecule has 1 fully saturated rings. The molecule has 318 valence electrons. The zero-order valence-electron chi connectivity index (χ0n) is 32.6. The number of alkyl halides is 2. The number of aliphatic hydroxyl groups excluding tert-OH is 1. The van der Waals surface area contributed by atoms with Crippen LogP contribution in [0.1, 0.15) is 75.0 Å². The lowest BCUT2D eigenvalue weighted by Gasteiger charge is -2.42. The molecule has 20 nitrogen and oxygen atoms in total.